The number of nitrogens with one attached hydrogen (secondary N) is 2. The lowest BCUT2D eigenvalue weighted by Gasteiger charge is -2.27. The highest BCUT2D eigenvalue weighted by Crippen LogP contribution is 2.32. The number of hydrogen-bond acceptors (Lipinski definition) is 7. The lowest BCUT2D eigenvalue weighted by molar-refractivity contribution is -0.189. The van der Waals surface area contributed by atoms with E-state index in [4.69, 9.17) is 20.1 Å². The van der Waals surface area contributed by atoms with Gasteiger partial charge >= 0.3 is 18.1 Å². The molecular formula is C18H25F3N2O8. The predicted molar refractivity (Wildman–Crippen MR) is 99.9 cm³/mol. The quantitative estimate of drug-likeness (QED) is 0.299. The molecule has 31 heavy (non-hydrogen) atoms. The molecule has 1 aromatic rings. The van der Waals surface area contributed by atoms with Gasteiger partial charge in [0.25, 0.3) is 11.7 Å². The van der Waals surface area contributed by atoms with Crippen molar-refractivity contribution < 1.29 is 53.1 Å². The van der Waals surface area contributed by atoms with Crippen molar-refractivity contribution in [2.24, 2.45) is 0 Å². The van der Waals surface area contributed by atoms with Gasteiger partial charge in [0.1, 0.15) is 0 Å². The van der Waals surface area contributed by atoms with Gasteiger partial charge in [-0.15, -0.1) is 0 Å². The van der Waals surface area contributed by atoms with Gasteiger partial charge in [0.05, 0.1) is 5.56 Å². The van der Waals surface area contributed by atoms with Crippen LogP contribution in [0.4, 0.5) is 13.2 Å². The van der Waals surface area contributed by atoms with Gasteiger partial charge in [0.15, 0.2) is 0 Å². The second-order valence-corrected chi connectivity index (χ2v) is 6.30. The van der Waals surface area contributed by atoms with Gasteiger partial charge < -0.3 is 30.8 Å². The average molecular weight is 454 g/mol. The number of rotatable bonds is 6. The van der Waals surface area contributed by atoms with Gasteiger partial charge in [-0.05, 0) is 37.6 Å². The summed E-state index contributed by atoms with van der Waals surface area (Å²) in [6, 6.07) is 4.12. The zero-order valence-electron chi connectivity index (χ0n) is 16.5. The van der Waals surface area contributed by atoms with E-state index in [-0.39, 0.29) is 0 Å². The van der Waals surface area contributed by atoms with E-state index in [1.807, 2.05) is 0 Å². The van der Waals surface area contributed by atoms with Crippen molar-refractivity contribution >= 4 is 17.9 Å². The first kappa shape index (κ1) is 28.3. The van der Waals surface area contributed by atoms with E-state index in [2.05, 4.69) is 5.32 Å². The molecule has 0 saturated carbocycles. The van der Waals surface area contributed by atoms with Crippen molar-refractivity contribution in [2.45, 2.75) is 44.3 Å². The van der Waals surface area contributed by atoms with Crippen molar-refractivity contribution in [3.05, 3.63) is 35.4 Å². The molecule has 0 radical (unpaired) electrons. The molecule has 13 heteroatoms. The molecular weight excluding hydrogens is 429 g/mol. The first-order valence-corrected chi connectivity index (χ1v) is 8.90. The van der Waals surface area contributed by atoms with Crippen LogP contribution < -0.4 is 10.6 Å². The molecule has 1 aromatic carbocycles. The zero-order valence-corrected chi connectivity index (χ0v) is 16.5. The monoisotopic (exact) mass is 454 g/mol. The Labute approximate surface area is 175 Å². The average Bonchev–Trinajstić information content (AvgIpc) is 3.24. The lowest BCUT2D eigenvalue weighted by Crippen LogP contribution is -2.62. The van der Waals surface area contributed by atoms with E-state index >= 15 is 0 Å². The minimum atomic E-state index is -4.72. The molecule has 176 valence electrons. The van der Waals surface area contributed by atoms with E-state index in [1.165, 1.54) is 32.0 Å². The smallest absolute Gasteiger partial charge is 0.416 e. The maximum atomic E-state index is 12.8. The number of alkyl halides is 3. The fraction of sp³-hybridized carbons (Fsp3) is 0.500. The number of carboxylic acid groups (broad SMARTS) is 3. The first-order valence-electron chi connectivity index (χ1n) is 8.90. The van der Waals surface area contributed by atoms with Gasteiger partial charge in [-0.3, -0.25) is 10.1 Å². The molecule has 7 N–H and O–H groups in total. The molecule has 1 aliphatic rings. The summed E-state index contributed by atoms with van der Waals surface area (Å²) in [6.07, 6.45) is -4.71. The van der Waals surface area contributed by atoms with Crippen LogP contribution in [-0.4, -0.2) is 68.4 Å². The fourth-order valence-electron chi connectivity index (χ4n) is 2.27. The van der Waals surface area contributed by atoms with E-state index in [0.717, 1.165) is 25.1 Å². The van der Waals surface area contributed by atoms with Crippen LogP contribution in [-0.2, 0) is 27.1 Å². The topological polar surface area (TPSA) is 176 Å². The summed E-state index contributed by atoms with van der Waals surface area (Å²) in [5.41, 5.74) is -4.85. The largest absolute Gasteiger partial charge is 0.481 e. The summed E-state index contributed by atoms with van der Waals surface area (Å²) in [5, 5.41) is 48.6. The number of benzene rings is 1. The summed E-state index contributed by atoms with van der Waals surface area (Å²) in [7, 11) is 0. The lowest BCUT2D eigenvalue weighted by atomic mass is 10.0. The maximum Gasteiger partial charge on any atom is 0.416 e. The highest BCUT2D eigenvalue weighted by Gasteiger charge is 2.48. The van der Waals surface area contributed by atoms with Crippen LogP contribution in [0.2, 0.25) is 0 Å². The number of hydrogen-bond donors (Lipinski definition) is 7. The summed E-state index contributed by atoms with van der Waals surface area (Å²) < 4.78 is 38.3. The summed E-state index contributed by atoms with van der Waals surface area (Å²) in [4.78, 5) is 30.5. The number of aliphatic carboxylic acids is 3. The minimum absolute atomic E-state index is 0.424. The van der Waals surface area contributed by atoms with E-state index in [0.29, 0.717) is 0 Å². The van der Waals surface area contributed by atoms with Crippen molar-refractivity contribution in [1.82, 2.24) is 10.6 Å². The molecule has 10 nitrogen and oxygen atoms in total. The Kier molecular flexibility index (Phi) is 11.7. The van der Waals surface area contributed by atoms with Crippen LogP contribution in [0, 0.1) is 0 Å². The molecule has 0 amide bonds. The van der Waals surface area contributed by atoms with Crippen LogP contribution >= 0.6 is 0 Å². The van der Waals surface area contributed by atoms with Crippen LogP contribution in [0.3, 0.4) is 0 Å². The molecule has 1 saturated heterocycles. The minimum Gasteiger partial charge on any atom is -0.481 e. The Balaban J connectivity index is 0.000000824. The third kappa shape index (κ3) is 10.2. The third-order valence-corrected chi connectivity index (χ3v) is 3.78. The van der Waals surface area contributed by atoms with Gasteiger partial charge in [0.2, 0.25) is 6.10 Å². The summed E-state index contributed by atoms with van der Waals surface area (Å²) in [5.74, 6) is -5.03. The number of halogens is 3. The third-order valence-electron chi connectivity index (χ3n) is 3.78. The predicted octanol–water partition coefficient (Wildman–Crippen LogP) is 0.474. The SMILES string of the molecule is C1CCNC1.CC(=O)O.O=C(O)[C@@H](O)[C@@](O)(NCc1ccccc1C(F)(F)F)C(=O)O. The number of carbonyl (C=O) groups is 3. The maximum absolute atomic E-state index is 12.8. The van der Waals surface area contributed by atoms with Gasteiger partial charge in [0, 0.05) is 13.5 Å². The first-order chi connectivity index (χ1) is 14.2. The molecule has 1 aliphatic heterocycles. The molecule has 0 bridgehead atoms. The Morgan fingerprint density at radius 1 is 1.10 bits per heavy atom. The van der Waals surface area contributed by atoms with E-state index in [9.17, 15) is 33.0 Å². The fourth-order valence-corrected chi connectivity index (χ4v) is 2.27. The van der Waals surface area contributed by atoms with Crippen molar-refractivity contribution in [2.75, 3.05) is 13.1 Å². The zero-order chi connectivity index (χ0) is 24.2. The van der Waals surface area contributed by atoms with Crippen molar-refractivity contribution in [1.29, 1.82) is 0 Å². The second-order valence-electron chi connectivity index (χ2n) is 6.30. The molecule has 2 rings (SSSR count). The van der Waals surface area contributed by atoms with Gasteiger partial charge in [-0.25, -0.2) is 9.59 Å². The molecule has 1 fully saturated rings. The Morgan fingerprint density at radius 3 is 1.94 bits per heavy atom. The molecule has 0 spiro atoms. The normalized spacial score (nSPS) is 15.9. The Bertz CT molecular complexity index is 729. The number of carboxylic acids is 3. The van der Waals surface area contributed by atoms with Crippen LogP contribution in [0.25, 0.3) is 0 Å². The molecule has 2 atom stereocenters. The molecule has 0 unspecified atom stereocenters. The van der Waals surface area contributed by atoms with Crippen LogP contribution in [0.5, 0.6) is 0 Å². The van der Waals surface area contributed by atoms with Gasteiger partial charge in [-0.1, -0.05) is 18.2 Å². The highest BCUT2D eigenvalue weighted by atomic mass is 19.4. The Morgan fingerprint density at radius 2 is 1.58 bits per heavy atom. The van der Waals surface area contributed by atoms with E-state index < -0.39 is 53.6 Å². The summed E-state index contributed by atoms with van der Waals surface area (Å²) >= 11 is 0. The standard InChI is InChI=1S/C12H12F3NO6.C4H9N.C2H4O2/c13-12(14,15)7-4-2-1-3-6(7)5-16-11(22,10(20)21)8(17)9(18)19;1-2-4-5-3-1;1-2(3)4/h1-4,8,16-17,22H,5H2,(H,18,19)(H,20,21);5H,1-4H2;1H3,(H,3,4)/t8-,11+;;/m1../s1. The second kappa shape index (κ2) is 12.8. The highest BCUT2D eigenvalue weighted by molar-refractivity contribution is 5.86. The van der Waals surface area contributed by atoms with E-state index in [1.54, 1.807) is 5.32 Å². The van der Waals surface area contributed by atoms with Gasteiger partial charge in [-0.2, -0.15) is 13.2 Å². The molecule has 0 aliphatic carbocycles. The van der Waals surface area contributed by atoms with Crippen LogP contribution in [0.1, 0.15) is 30.9 Å². The van der Waals surface area contributed by atoms with Crippen LogP contribution in [0.15, 0.2) is 24.3 Å². The number of aliphatic hydroxyl groups is 2. The van der Waals surface area contributed by atoms with Crippen molar-refractivity contribution in [3.63, 3.8) is 0 Å². The molecule has 0 aromatic heterocycles. The van der Waals surface area contributed by atoms with Crippen molar-refractivity contribution in [3.8, 4) is 0 Å². The Hall–Kier alpha value is -2.74. The number of aliphatic hydroxyl groups excluding tert-OH is 1. The molecule has 1 heterocycles. The summed E-state index contributed by atoms with van der Waals surface area (Å²) in [6.45, 7) is 2.75.